The number of nitrogens with zero attached hydrogens (tertiary/aromatic N) is 3. The lowest BCUT2D eigenvalue weighted by Crippen LogP contribution is -2.30. The van der Waals surface area contributed by atoms with Gasteiger partial charge in [-0.15, -0.1) is 0 Å². The summed E-state index contributed by atoms with van der Waals surface area (Å²) >= 11 is 0. The molecule has 1 amide bonds. The highest BCUT2D eigenvalue weighted by atomic mass is 16.6. The number of aromatic nitrogens is 2. The Bertz CT molecular complexity index is 1580. The molecular weight excluding hydrogens is 476 g/mol. The van der Waals surface area contributed by atoms with Crippen LogP contribution in [0.5, 0.6) is 5.75 Å². The van der Waals surface area contributed by atoms with E-state index in [0.29, 0.717) is 22.3 Å². The number of nitro groups is 1. The van der Waals surface area contributed by atoms with E-state index in [-0.39, 0.29) is 22.8 Å². The van der Waals surface area contributed by atoms with Gasteiger partial charge in [0, 0.05) is 17.7 Å². The molecule has 10 nitrogen and oxygen atoms in total. The second kappa shape index (κ2) is 8.90. The largest absolute Gasteiger partial charge is 0.507 e. The highest BCUT2D eigenvalue weighted by molar-refractivity contribution is 6.51. The number of aromatic amines is 1. The summed E-state index contributed by atoms with van der Waals surface area (Å²) in [6.45, 7) is 3.91. The van der Waals surface area contributed by atoms with Gasteiger partial charge >= 0.3 is 5.91 Å². The number of H-pyrrole nitrogens is 1. The van der Waals surface area contributed by atoms with Crippen molar-refractivity contribution in [2.24, 2.45) is 0 Å². The van der Waals surface area contributed by atoms with Crippen molar-refractivity contribution in [2.75, 3.05) is 12.0 Å². The SMILES string of the molecule is COc1cccc(C2/C(=C(\O)c3ccc([N+](=O)[O-])cc3)C(=O)C(=O)N2c2nc3cc(C)c(C)cc3[nH]2)c1. The number of aryl methyl sites for hydroxylation is 2. The van der Waals surface area contributed by atoms with Gasteiger partial charge in [-0.3, -0.25) is 24.6 Å². The van der Waals surface area contributed by atoms with Crippen LogP contribution in [-0.4, -0.2) is 38.8 Å². The first kappa shape index (κ1) is 23.7. The van der Waals surface area contributed by atoms with Crippen molar-refractivity contribution in [3.63, 3.8) is 0 Å². The molecule has 1 atom stereocenters. The summed E-state index contributed by atoms with van der Waals surface area (Å²) < 4.78 is 5.35. The van der Waals surface area contributed by atoms with E-state index >= 15 is 0 Å². The van der Waals surface area contributed by atoms with E-state index in [1.807, 2.05) is 26.0 Å². The third-order valence-corrected chi connectivity index (χ3v) is 6.52. The number of ether oxygens (including phenoxy) is 1. The predicted molar refractivity (Wildman–Crippen MR) is 136 cm³/mol. The second-order valence-corrected chi connectivity index (χ2v) is 8.76. The van der Waals surface area contributed by atoms with Crippen molar-refractivity contribution in [1.29, 1.82) is 0 Å². The maximum atomic E-state index is 13.4. The quantitative estimate of drug-likeness (QED) is 0.133. The van der Waals surface area contributed by atoms with Gasteiger partial charge in [0.25, 0.3) is 11.5 Å². The number of hydrogen-bond acceptors (Lipinski definition) is 7. The molecule has 3 aromatic carbocycles. The van der Waals surface area contributed by atoms with Crippen molar-refractivity contribution in [3.8, 4) is 5.75 Å². The van der Waals surface area contributed by atoms with Crippen molar-refractivity contribution in [3.05, 3.63) is 98.6 Å². The number of Topliss-reactive ketones (excluding diaryl/α,β-unsaturated/α-hetero) is 1. The lowest BCUT2D eigenvalue weighted by Gasteiger charge is -2.23. The van der Waals surface area contributed by atoms with Crippen molar-refractivity contribution < 1.29 is 24.4 Å². The normalized spacial score (nSPS) is 16.9. The van der Waals surface area contributed by atoms with Gasteiger partial charge in [-0.2, -0.15) is 0 Å². The topological polar surface area (TPSA) is 139 Å². The highest BCUT2D eigenvalue weighted by Gasteiger charge is 2.48. The standard InChI is InChI=1S/C27H22N4O6/c1-14-11-20-21(12-15(14)2)29-27(28-20)30-23(17-5-4-6-19(13-17)37-3)22(25(33)26(30)34)24(32)16-7-9-18(10-8-16)31(35)36/h4-13,23,32H,1-3H3,(H,28,29)/b24-22+. The number of methoxy groups -OCH3 is 1. The van der Waals surface area contributed by atoms with Crippen LogP contribution in [0.25, 0.3) is 16.8 Å². The molecule has 186 valence electrons. The van der Waals surface area contributed by atoms with Crippen LogP contribution in [0.3, 0.4) is 0 Å². The van der Waals surface area contributed by atoms with Crippen molar-refractivity contribution >= 4 is 40.1 Å². The van der Waals surface area contributed by atoms with E-state index < -0.39 is 28.4 Å². The van der Waals surface area contributed by atoms with E-state index in [9.17, 15) is 24.8 Å². The molecule has 5 rings (SSSR count). The molecule has 4 aromatic rings. The Morgan fingerprint density at radius 2 is 1.78 bits per heavy atom. The Hall–Kier alpha value is -4.99. The highest BCUT2D eigenvalue weighted by Crippen LogP contribution is 2.42. The lowest BCUT2D eigenvalue weighted by atomic mass is 9.95. The number of non-ortho nitro benzene ring substituents is 1. The van der Waals surface area contributed by atoms with Gasteiger partial charge in [0.05, 0.1) is 34.7 Å². The zero-order valence-electron chi connectivity index (χ0n) is 20.2. The van der Waals surface area contributed by atoms with E-state index in [0.717, 1.165) is 11.1 Å². The average molecular weight is 498 g/mol. The minimum atomic E-state index is -1.03. The first-order valence-electron chi connectivity index (χ1n) is 11.4. The summed E-state index contributed by atoms with van der Waals surface area (Å²) in [5, 5.41) is 22.3. The number of carbonyl (C=O) groups is 2. The molecule has 0 spiro atoms. The van der Waals surface area contributed by atoms with E-state index in [4.69, 9.17) is 4.74 Å². The number of fused-ring (bicyclic) bond motifs is 1. The molecule has 1 aliphatic heterocycles. The number of ketones is 1. The molecule has 2 heterocycles. The molecule has 0 saturated carbocycles. The third-order valence-electron chi connectivity index (χ3n) is 6.52. The van der Waals surface area contributed by atoms with Crippen LogP contribution < -0.4 is 9.64 Å². The average Bonchev–Trinajstić information content (AvgIpc) is 3.41. The Morgan fingerprint density at radius 3 is 2.46 bits per heavy atom. The molecule has 0 bridgehead atoms. The predicted octanol–water partition coefficient (Wildman–Crippen LogP) is 4.72. The zero-order valence-corrected chi connectivity index (χ0v) is 20.2. The fraction of sp³-hybridized carbons (Fsp3) is 0.148. The summed E-state index contributed by atoms with van der Waals surface area (Å²) in [5.74, 6) is -1.58. The minimum Gasteiger partial charge on any atom is -0.507 e. The molecular formula is C27H22N4O6. The summed E-state index contributed by atoms with van der Waals surface area (Å²) in [7, 11) is 1.50. The number of imidazole rings is 1. The van der Waals surface area contributed by atoms with E-state index in [1.165, 1.54) is 36.3 Å². The molecule has 0 aliphatic carbocycles. The number of aliphatic hydroxyl groups is 1. The molecule has 10 heteroatoms. The Labute approximate surface area is 211 Å². The van der Waals surface area contributed by atoms with Crippen LogP contribution in [0.4, 0.5) is 11.6 Å². The number of nitrogens with one attached hydrogen (secondary N) is 1. The first-order chi connectivity index (χ1) is 17.7. The lowest BCUT2D eigenvalue weighted by molar-refractivity contribution is -0.384. The van der Waals surface area contributed by atoms with Gasteiger partial charge in [0.1, 0.15) is 11.5 Å². The molecule has 1 fully saturated rings. The molecule has 1 unspecified atom stereocenters. The molecule has 1 saturated heterocycles. The molecule has 2 N–H and O–H groups in total. The summed E-state index contributed by atoms with van der Waals surface area (Å²) in [6.07, 6.45) is 0. The van der Waals surface area contributed by atoms with Crippen LogP contribution in [0, 0.1) is 24.0 Å². The number of amides is 1. The van der Waals surface area contributed by atoms with E-state index in [1.54, 1.807) is 24.3 Å². The minimum absolute atomic E-state index is 0.151. The van der Waals surface area contributed by atoms with Gasteiger partial charge < -0.3 is 14.8 Å². The fourth-order valence-corrected chi connectivity index (χ4v) is 4.44. The molecule has 37 heavy (non-hydrogen) atoms. The zero-order chi connectivity index (χ0) is 26.4. The fourth-order valence-electron chi connectivity index (χ4n) is 4.44. The number of carbonyl (C=O) groups excluding carboxylic acids is 2. The summed E-state index contributed by atoms with van der Waals surface area (Å²) in [4.78, 5) is 46.2. The number of nitro benzene ring substituents is 1. The number of aliphatic hydroxyl groups excluding tert-OH is 1. The van der Waals surface area contributed by atoms with Crippen LogP contribution in [0.15, 0.2) is 66.2 Å². The summed E-state index contributed by atoms with van der Waals surface area (Å²) in [6, 6.07) is 14.7. The summed E-state index contributed by atoms with van der Waals surface area (Å²) in [5.41, 5.74) is 3.71. The van der Waals surface area contributed by atoms with Crippen LogP contribution in [-0.2, 0) is 9.59 Å². The van der Waals surface area contributed by atoms with Crippen molar-refractivity contribution in [1.82, 2.24) is 9.97 Å². The first-order valence-corrected chi connectivity index (χ1v) is 11.4. The molecule has 1 aromatic heterocycles. The van der Waals surface area contributed by atoms with Crippen molar-refractivity contribution in [2.45, 2.75) is 19.9 Å². The van der Waals surface area contributed by atoms with Gasteiger partial charge in [-0.05, 0) is 66.9 Å². The number of hydrogen-bond donors (Lipinski definition) is 2. The molecule has 0 radical (unpaired) electrons. The van der Waals surface area contributed by atoms with Crippen LogP contribution in [0.2, 0.25) is 0 Å². The Morgan fingerprint density at radius 1 is 1.08 bits per heavy atom. The third kappa shape index (κ3) is 3.98. The molecule has 1 aliphatic rings. The number of anilines is 1. The van der Waals surface area contributed by atoms with Gasteiger partial charge in [-0.1, -0.05) is 12.1 Å². The second-order valence-electron chi connectivity index (χ2n) is 8.76. The van der Waals surface area contributed by atoms with Gasteiger partial charge in [0.15, 0.2) is 0 Å². The Balaban J connectivity index is 1.72. The van der Waals surface area contributed by atoms with Crippen LogP contribution >= 0.6 is 0 Å². The van der Waals surface area contributed by atoms with Crippen LogP contribution in [0.1, 0.15) is 28.3 Å². The van der Waals surface area contributed by atoms with Gasteiger partial charge in [-0.25, -0.2) is 4.98 Å². The van der Waals surface area contributed by atoms with E-state index in [2.05, 4.69) is 9.97 Å². The number of benzene rings is 3. The maximum Gasteiger partial charge on any atom is 0.302 e. The number of rotatable bonds is 5. The smallest absolute Gasteiger partial charge is 0.302 e. The Kier molecular flexibility index (Phi) is 5.71. The monoisotopic (exact) mass is 498 g/mol. The van der Waals surface area contributed by atoms with Gasteiger partial charge in [0.2, 0.25) is 5.95 Å². The maximum absolute atomic E-state index is 13.4.